The summed E-state index contributed by atoms with van der Waals surface area (Å²) in [6, 6.07) is 12.6. The first-order valence-electron chi connectivity index (χ1n) is 7.92. The lowest BCUT2D eigenvalue weighted by Crippen LogP contribution is -2.23. The third kappa shape index (κ3) is 3.61. The lowest BCUT2D eigenvalue weighted by molar-refractivity contribution is 0.0946. The van der Waals surface area contributed by atoms with Gasteiger partial charge in [-0.25, -0.2) is 4.98 Å². The second-order valence-corrected chi connectivity index (χ2v) is 5.50. The number of para-hydroxylation sites is 1. The zero-order valence-electron chi connectivity index (χ0n) is 14.5. The first-order chi connectivity index (χ1) is 12.6. The Labute approximate surface area is 150 Å². The van der Waals surface area contributed by atoms with Gasteiger partial charge >= 0.3 is 0 Å². The molecule has 0 bridgehead atoms. The zero-order chi connectivity index (χ0) is 18.5. The van der Waals surface area contributed by atoms with Crippen molar-refractivity contribution in [2.24, 2.45) is 0 Å². The maximum atomic E-state index is 12.3. The Balaban J connectivity index is 1.69. The number of hydrogen-bond acceptors (Lipinski definition) is 6. The standard InChI is InChI=1S/C19H19N3O4/c1-24-16-8-7-12(9-17(16)25-2)10-21-18(23)15-11-26-19(22-15)13-5-3-4-6-14(13)20/h3-9,11H,10,20H2,1-2H3,(H,21,23). The summed E-state index contributed by atoms with van der Waals surface area (Å²) in [4.78, 5) is 16.5. The van der Waals surface area contributed by atoms with Crippen molar-refractivity contribution in [2.45, 2.75) is 6.54 Å². The molecule has 0 saturated heterocycles. The molecule has 7 nitrogen and oxygen atoms in total. The van der Waals surface area contributed by atoms with Crippen molar-refractivity contribution in [1.82, 2.24) is 10.3 Å². The minimum absolute atomic E-state index is 0.184. The third-order valence-corrected chi connectivity index (χ3v) is 3.83. The Morgan fingerprint density at radius 3 is 2.65 bits per heavy atom. The van der Waals surface area contributed by atoms with Gasteiger partial charge in [0.05, 0.1) is 19.8 Å². The number of methoxy groups -OCH3 is 2. The van der Waals surface area contributed by atoms with Gasteiger partial charge < -0.3 is 24.9 Å². The summed E-state index contributed by atoms with van der Waals surface area (Å²) in [5, 5.41) is 2.79. The average molecular weight is 353 g/mol. The average Bonchev–Trinajstić information content (AvgIpc) is 3.16. The van der Waals surface area contributed by atoms with Gasteiger partial charge in [-0.05, 0) is 29.8 Å². The molecular formula is C19H19N3O4. The van der Waals surface area contributed by atoms with Crippen molar-refractivity contribution in [3.05, 3.63) is 60.0 Å². The van der Waals surface area contributed by atoms with Gasteiger partial charge in [0.15, 0.2) is 17.2 Å². The Morgan fingerprint density at radius 1 is 1.15 bits per heavy atom. The molecular weight excluding hydrogens is 334 g/mol. The summed E-state index contributed by atoms with van der Waals surface area (Å²) in [5.74, 6) is 1.19. The monoisotopic (exact) mass is 353 g/mol. The molecule has 0 radical (unpaired) electrons. The normalized spacial score (nSPS) is 10.4. The van der Waals surface area contributed by atoms with Crippen LogP contribution in [0.4, 0.5) is 5.69 Å². The molecule has 0 atom stereocenters. The molecule has 134 valence electrons. The van der Waals surface area contributed by atoms with Crippen LogP contribution in [0.5, 0.6) is 11.5 Å². The van der Waals surface area contributed by atoms with E-state index in [0.29, 0.717) is 35.2 Å². The molecule has 26 heavy (non-hydrogen) atoms. The molecule has 1 aromatic heterocycles. The van der Waals surface area contributed by atoms with E-state index in [9.17, 15) is 4.79 Å². The molecule has 3 rings (SSSR count). The maximum Gasteiger partial charge on any atom is 0.273 e. The van der Waals surface area contributed by atoms with Crippen LogP contribution in [-0.2, 0) is 6.54 Å². The lowest BCUT2D eigenvalue weighted by atomic mass is 10.2. The Morgan fingerprint density at radius 2 is 1.92 bits per heavy atom. The van der Waals surface area contributed by atoms with Crippen molar-refractivity contribution in [1.29, 1.82) is 0 Å². The Kier molecular flexibility index (Phi) is 5.07. The number of benzene rings is 2. The summed E-state index contributed by atoms with van der Waals surface area (Å²) in [5.41, 5.74) is 8.13. The predicted molar refractivity (Wildman–Crippen MR) is 97.1 cm³/mol. The van der Waals surface area contributed by atoms with Crippen molar-refractivity contribution in [2.75, 3.05) is 20.0 Å². The highest BCUT2D eigenvalue weighted by molar-refractivity contribution is 5.92. The number of anilines is 1. The molecule has 0 aliphatic rings. The predicted octanol–water partition coefficient (Wildman–Crippen LogP) is 2.87. The second kappa shape index (κ2) is 7.60. The van der Waals surface area contributed by atoms with E-state index in [1.165, 1.54) is 6.26 Å². The van der Waals surface area contributed by atoms with E-state index < -0.39 is 0 Å². The van der Waals surface area contributed by atoms with Crippen LogP contribution in [0.15, 0.2) is 53.1 Å². The molecule has 3 aromatic rings. The summed E-state index contributed by atoms with van der Waals surface area (Å²) in [7, 11) is 3.13. The van der Waals surface area contributed by atoms with Crippen molar-refractivity contribution >= 4 is 11.6 Å². The number of amides is 1. The van der Waals surface area contributed by atoms with Crippen LogP contribution >= 0.6 is 0 Å². The van der Waals surface area contributed by atoms with E-state index in [1.54, 1.807) is 38.5 Å². The number of hydrogen-bond donors (Lipinski definition) is 2. The van der Waals surface area contributed by atoms with Crippen molar-refractivity contribution in [3.8, 4) is 23.0 Å². The smallest absolute Gasteiger partial charge is 0.273 e. The van der Waals surface area contributed by atoms with Gasteiger partial charge in [-0.3, -0.25) is 4.79 Å². The van der Waals surface area contributed by atoms with Gasteiger partial charge in [0.1, 0.15) is 6.26 Å². The minimum Gasteiger partial charge on any atom is -0.493 e. The fraction of sp³-hybridized carbons (Fsp3) is 0.158. The number of rotatable bonds is 6. The van der Waals surface area contributed by atoms with Crippen LogP contribution in [0.1, 0.15) is 16.1 Å². The molecule has 1 amide bonds. The largest absolute Gasteiger partial charge is 0.493 e. The summed E-state index contributed by atoms with van der Waals surface area (Å²) >= 11 is 0. The van der Waals surface area contributed by atoms with Gasteiger partial charge in [-0.1, -0.05) is 18.2 Å². The lowest BCUT2D eigenvalue weighted by Gasteiger charge is -2.09. The quantitative estimate of drug-likeness (QED) is 0.661. The van der Waals surface area contributed by atoms with E-state index in [2.05, 4.69) is 10.3 Å². The van der Waals surface area contributed by atoms with Crippen LogP contribution in [0.2, 0.25) is 0 Å². The number of carbonyl (C=O) groups is 1. The fourth-order valence-corrected chi connectivity index (χ4v) is 2.46. The maximum absolute atomic E-state index is 12.3. The molecule has 0 saturated carbocycles. The number of nitrogen functional groups attached to an aromatic ring is 1. The van der Waals surface area contributed by atoms with E-state index in [1.807, 2.05) is 18.2 Å². The molecule has 2 aromatic carbocycles. The molecule has 1 heterocycles. The molecule has 0 fully saturated rings. The van der Waals surface area contributed by atoms with Gasteiger partial charge in [0, 0.05) is 12.2 Å². The van der Waals surface area contributed by atoms with Gasteiger partial charge in [0.2, 0.25) is 5.89 Å². The molecule has 0 aliphatic heterocycles. The number of oxazole rings is 1. The highest BCUT2D eigenvalue weighted by Crippen LogP contribution is 2.27. The van der Waals surface area contributed by atoms with E-state index in [-0.39, 0.29) is 11.6 Å². The first-order valence-corrected chi connectivity index (χ1v) is 7.92. The molecule has 0 aliphatic carbocycles. The number of nitrogens with two attached hydrogens (primary N) is 1. The number of nitrogens with one attached hydrogen (secondary N) is 1. The molecule has 7 heteroatoms. The van der Waals surface area contributed by atoms with Crippen LogP contribution in [0.3, 0.4) is 0 Å². The number of nitrogens with zero attached hydrogens (tertiary/aromatic N) is 1. The van der Waals surface area contributed by atoms with Gasteiger partial charge in [0.25, 0.3) is 5.91 Å². The number of aromatic nitrogens is 1. The SMILES string of the molecule is COc1ccc(CNC(=O)c2coc(-c3ccccc3N)n2)cc1OC. The Bertz CT molecular complexity index is 921. The second-order valence-electron chi connectivity index (χ2n) is 5.50. The summed E-state index contributed by atoms with van der Waals surface area (Å²) < 4.78 is 15.8. The minimum atomic E-state index is -0.343. The highest BCUT2D eigenvalue weighted by Gasteiger charge is 2.15. The fourth-order valence-electron chi connectivity index (χ4n) is 2.46. The van der Waals surface area contributed by atoms with Crippen LogP contribution in [0.25, 0.3) is 11.5 Å². The van der Waals surface area contributed by atoms with E-state index in [4.69, 9.17) is 19.6 Å². The molecule has 0 spiro atoms. The van der Waals surface area contributed by atoms with Crippen LogP contribution < -0.4 is 20.5 Å². The summed E-state index contributed by atoms with van der Waals surface area (Å²) in [6.45, 7) is 0.314. The summed E-state index contributed by atoms with van der Waals surface area (Å²) in [6.07, 6.45) is 1.31. The topological polar surface area (TPSA) is 99.6 Å². The zero-order valence-corrected chi connectivity index (χ0v) is 14.5. The van der Waals surface area contributed by atoms with E-state index >= 15 is 0 Å². The molecule has 0 unspecified atom stereocenters. The van der Waals surface area contributed by atoms with Crippen molar-refractivity contribution < 1.29 is 18.7 Å². The first kappa shape index (κ1) is 17.3. The number of carbonyl (C=O) groups excluding carboxylic acids is 1. The highest BCUT2D eigenvalue weighted by atomic mass is 16.5. The Hall–Kier alpha value is -3.48. The van der Waals surface area contributed by atoms with E-state index in [0.717, 1.165) is 5.56 Å². The third-order valence-electron chi connectivity index (χ3n) is 3.83. The van der Waals surface area contributed by atoms with Crippen LogP contribution in [0, 0.1) is 0 Å². The van der Waals surface area contributed by atoms with Gasteiger partial charge in [-0.15, -0.1) is 0 Å². The molecule has 3 N–H and O–H groups in total. The van der Waals surface area contributed by atoms with Gasteiger partial charge in [-0.2, -0.15) is 0 Å². The van der Waals surface area contributed by atoms with Crippen molar-refractivity contribution in [3.63, 3.8) is 0 Å². The van der Waals surface area contributed by atoms with Crippen LogP contribution in [-0.4, -0.2) is 25.1 Å². The number of ether oxygens (including phenoxy) is 2.